The van der Waals surface area contributed by atoms with Crippen LogP contribution in [0.1, 0.15) is 41.4 Å². The third kappa shape index (κ3) is 4.87. The molecule has 0 radical (unpaired) electrons. The number of pyridine rings is 1. The van der Waals surface area contributed by atoms with Gasteiger partial charge in [0.05, 0.1) is 30.3 Å². The Kier molecular flexibility index (Phi) is 6.70. The van der Waals surface area contributed by atoms with Crippen LogP contribution in [0.2, 0.25) is 0 Å². The molecular formula is C27H29N5O3. The number of carbonyl (C=O) groups is 2. The Morgan fingerprint density at radius 3 is 2.54 bits per heavy atom. The average Bonchev–Trinajstić information content (AvgIpc) is 2.93. The second-order valence-electron chi connectivity index (χ2n) is 8.89. The first-order chi connectivity index (χ1) is 17.1. The molecule has 1 aromatic carbocycles. The van der Waals surface area contributed by atoms with Gasteiger partial charge < -0.3 is 14.5 Å². The van der Waals surface area contributed by atoms with Gasteiger partial charge in [0.15, 0.2) is 5.82 Å². The molecule has 2 aliphatic heterocycles. The standard InChI is InChI=1S/C27H29N5O3/c1-2-35-27(34)20-10-14-31(15-11-20)25-22-18-32(26(33)21-9-6-13-28-17-21)16-12-23(22)29-24(30-25)19-7-4-3-5-8-19/h3-9,13,17,20H,2,10-12,14-16,18H2,1H3. The molecule has 5 rings (SSSR count). The molecule has 0 saturated carbocycles. The van der Waals surface area contributed by atoms with E-state index in [0.717, 1.165) is 35.5 Å². The topological polar surface area (TPSA) is 88.5 Å². The molecule has 3 aromatic rings. The largest absolute Gasteiger partial charge is 0.466 e. The maximum atomic E-state index is 13.1. The zero-order valence-electron chi connectivity index (χ0n) is 19.9. The van der Waals surface area contributed by atoms with Crippen molar-refractivity contribution >= 4 is 17.7 Å². The second kappa shape index (κ2) is 10.2. The fraction of sp³-hybridized carbons (Fsp3) is 0.370. The highest BCUT2D eigenvalue weighted by Gasteiger charge is 2.32. The van der Waals surface area contributed by atoms with Crippen molar-refractivity contribution in [2.75, 3.05) is 31.1 Å². The van der Waals surface area contributed by atoms with E-state index in [4.69, 9.17) is 14.7 Å². The third-order valence-corrected chi connectivity index (χ3v) is 6.68. The molecular weight excluding hydrogens is 442 g/mol. The number of hydrogen-bond donors (Lipinski definition) is 0. The Morgan fingerprint density at radius 1 is 1.03 bits per heavy atom. The van der Waals surface area contributed by atoms with Gasteiger partial charge in [0, 0.05) is 49.6 Å². The number of anilines is 1. The molecule has 0 N–H and O–H groups in total. The maximum absolute atomic E-state index is 13.1. The minimum atomic E-state index is -0.116. The summed E-state index contributed by atoms with van der Waals surface area (Å²) in [5, 5.41) is 0. The number of benzene rings is 1. The summed E-state index contributed by atoms with van der Waals surface area (Å²) in [6.07, 6.45) is 5.37. The molecule has 0 atom stereocenters. The number of nitrogens with zero attached hydrogens (tertiary/aromatic N) is 5. The first kappa shape index (κ1) is 23.0. The molecule has 1 fully saturated rings. The molecule has 1 amide bonds. The minimum Gasteiger partial charge on any atom is -0.466 e. The third-order valence-electron chi connectivity index (χ3n) is 6.68. The average molecular weight is 472 g/mol. The van der Waals surface area contributed by atoms with Crippen molar-refractivity contribution in [1.29, 1.82) is 0 Å². The van der Waals surface area contributed by atoms with Crippen molar-refractivity contribution in [2.45, 2.75) is 32.7 Å². The summed E-state index contributed by atoms with van der Waals surface area (Å²) in [6, 6.07) is 13.5. The number of esters is 1. The zero-order chi connectivity index (χ0) is 24.2. The summed E-state index contributed by atoms with van der Waals surface area (Å²) >= 11 is 0. The summed E-state index contributed by atoms with van der Waals surface area (Å²) in [5.74, 6) is 1.32. The van der Waals surface area contributed by atoms with Crippen LogP contribution in [0.3, 0.4) is 0 Å². The van der Waals surface area contributed by atoms with Gasteiger partial charge in [0.25, 0.3) is 5.91 Å². The van der Waals surface area contributed by atoms with Crippen LogP contribution < -0.4 is 4.90 Å². The molecule has 8 heteroatoms. The van der Waals surface area contributed by atoms with E-state index in [-0.39, 0.29) is 17.8 Å². The van der Waals surface area contributed by atoms with E-state index in [0.29, 0.717) is 50.6 Å². The Bertz CT molecular complexity index is 1190. The van der Waals surface area contributed by atoms with E-state index >= 15 is 0 Å². The summed E-state index contributed by atoms with van der Waals surface area (Å²) in [4.78, 5) is 43.5. The van der Waals surface area contributed by atoms with Crippen molar-refractivity contribution < 1.29 is 14.3 Å². The molecule has 0 spiro atoms. The molecule has 35 heavy (non-hydrogen) atoms. The van der Waals surface area contributed by atoms with Crippen molar-refractivity contribution in [3.8, 4) is 11.4 Å². The maximum Gasteiger partial charge on any atom is 0.309 e. The normalized spacial score (nSPS) is 16.0. The van der Waals surface area contributed by atoms with Gasteiger partial charge in [-0.1, -0.05) is 30.3 Å². The van der Waals surface area contributed by atoms with Gasteiger partial charge in [-0.2, -0.15) is 0 Å². The number of hydrogen-bond acceptors (Lipinski definition) is 7. The molecule has 2 aromatic heterocycles. The lowest BCUT2D eigenvalue weighted by molar-refractivity contribution is -0.148. The van der Waals surface area contributed by atoms with Crippen LogP contribution in [-0.4, -0.2) is 58.0 Å². The summed E-state index contributed by atoms with van der Waals surface area (Å²) < 4.78 is 5.24. The predicted molar refractivity (Wildman–Crippen MR) is 132 cm³/mol. The van der Waals surface area contributed by atoms with E-state index in [1.54, 1.807) is 24.5 Å². The number of amides is 1. The predicted octanol–water partition coefficient (Wildman–Crippen LogP) is 3.52. The Hall–Kier alpha value is -3.81. The highest BCUT2D eigenvalue weighted by Crippen LogP contribution is 2.32. The smallest absolute Gasteiger partial charge is 0.309 e. The molecule has 8 nitrogen and oxygen atoms in total. The van der Waals surface area contributed by atoms with Crippen LogP contribution in [0, 0.1) is 5.92 Å². The highest BCUT2D eigenvalue weighted by molar-refractivity contribution is 5.94. The van der Waals surface area contributed by atoms with E-state index in [1.165, 1.54) is 0 Å². The van der Waals surface area contributed by atoms with E-state index < -0.39 is 0 Å². The Labute approximate surface area is 205 Å². The van der Waals surface area contributed by atoms with Gasteiger partial charge in [-0.15, -0.1) is 0 Å². The van der Waals surface area contributed by atoms with Gasteiger partial charge in [0.1, 0.15) is 5.82 Å². The number of aromatic nitrogens is 3. The highest BCUT2D eigenvalue weighted by atomic mass is 16.5. The van der Waals surface area contributed by atoms with E-state index in [1.807, 2.05) is 42.2 Å². The summed E-state index contributed by atoms with van der Waals surface area (Å²) in [5.41, 5.74) is 3.51. The van der Waals surface area contributed by atoms with Gasteiger partial charge >= 0.3 is 5.97 Å². The van der Waals surface area contributed by atoms with Crippen LogP contribution >= 0.6 is 0 Å². The number of ether oxygens (including phenoxy) is 1. The summed E-state index contributed by atoms with van der Waals surface area (Å²) in [7, 11) is 0. The Balaban J connectivity index is 1.46. The van der Waals surface area contributed by atoms with E-state index in [9.17, 15) is 9.59 Å². The number of fused-ring (bicyclic) bond motifs is 1. The molecule has 4 heterocycles. The monoisotopic (exact) mass is 471 g/mol. The molecule has 1 saturated heterocycles. The molecule has 2 aliphatic rings. The van der Waals surface area contributed by atoms with Gasteiger partial charge in [-0.05, 0) is 31.9 Å². The van der Waals surface area contributed by atoms with Gasteiger partial charge in [-0.3, -0.25) is 14.6 Å². The lowest BCUT2D eigenvalue weighted by Gasteiger charge is -2.36. The van der Waals surface area contributed by atoms with Crippen LogP contribution in [0.4, 0.5) is 5.82 Å². The Morgan fingerprint density at radius 2 is 1.83 bits per heavy atom. The fourth-order valence-electron chi connectivity index (χ4n) is 4.81. The SMILES string of the molecule is CCOC(=O)C1CCN(c2nc(-c3ccccc3)nc3c2CN(C(=O)c2cccnc2)CC3)CC1. The molecule has 180 valence electrons. The lowest BCUT2D eigenvalue weighted by atomic mass is 9.96. The number of carbonyl (C=O) groups excluding carboxylic acids is 2. The first-order valence-corrected chi connectivity index (χ1v) is 12.2. The quantitative estimate of drug-likeness (QED) is 0.526. The van der Waals surface area contributed by atoms with Crippen LogP contribution in [0.5, 0.6) is 0 Å². The van der Waals surface area contributed by atoms with Crippen LogP contribution in [0.15, 0.2) is 54.9 Å². The molecule has 0 unspecified atom stereocenters. The lowest BCUT2D eigenvalue weighted by Crippen LogP contribution is -2.41. The van der Waals surface area contributed by atoms with Crippen molar-refractivity contribution in [1.82, 2.24) is 19.9 Å². The number of piperidine rings is 1. The van der Waals surface area contributed by atoms with Crippen molar-refractivity contribution in [3.05, 3.63) is 71.7 Å². The fourth-order valence-corrected chi connectivity index (χ4v) is 4.81. The van der Waals surface area contributed by atoms with Gasteiger partial charge in [-0.25, -0.2) is 9.97 Å². The summed E-state index contributed by atoms with van der Waals surface area (Å²) in [6.45, 7) is 4.70. The second-order valence-corrected chi connectivity index (χ2v) is 8.89. The van der Waals surface area contributed by atoms with E-state index in [2.05, 4.69) is 9.88 Å². The van der Waals surface area contributed by atoms with Crippen molar-refractivity contribution in [2.24, 2.45) is 5.92 Å². The van der Waals surface area contributed by atoms with Gasteiger partial charge in [0.2, 0.25) is 0 Å². The van der Waals surface area contributed by atoms with Crippen molar-refractivity contribution in [3.63, 3.8) is 0 Å². The molecule has 0 aliphatic carbocycles. The minimum absolute atomic E-state index is 0.0390. The first-order valence-electron chi connectivity index (χ1n) is 12.2. The number of rotatable bonds is 5. The molecule has 0 bridgehead atoms. The van der Waals surface area contributed by atoms with Crippen LogP contribution in [0.25, 0.3) is 11.4 Å². The zero-order valence-corrected chi connectivity index (χ0v) is 19.9. The van der Waals surface area contributed by atoms with Crippen LogP contribution in [-0.2, 0) is 22.5 Å².